The third kappa shape index (κ3) is 2.37. The Hall–Kier alpha value is 0.257. The summed E-state index contributed by atoms with van der Waals surface area (Å²) in [7, 11) is -1.33. The first kappa shape index (κ1) is 12.3. The molecule has 0 fully saturated rings. The van der Waals surface area contributed by atoms with Crippen molar-refractivity contribution in [2.24, 2.45) is 0 Å². The van der Waals surface area contributed by atoms with E-state index in [1.807, 2.05) is 0 Å². The molecule has 0 bridgehead atoms. The van der Waals surface area contributed by atoms with Crippen molar-refractivity contribution in [1.82, 2.24) is 0 Å². The van der Waals surface area contributed by atoms with Crippen LogP contribution in [0.25, 0.3) is 0 Å². The molecule has 0 aromatic heterocycles. The lowest BCUT2D eigenvalue weighted by molar-refractivity contribution is 0.900. The topological polar surface area (TPSA) is 0 Å². The summed E-state index contributed by atoms with van der Waals surface area (Å²) in [4.78, 5) is 2.95. The summed E-state index contributed by atoms with van der Waals surface area (Å²) in [5.74, 6) is 0. The van der Waals surface area contributed by atoms with Gasteiger partial charge in [-0.1, -0.05) is 34.6 Å². The number of hydrogen-bond donors (Lipinski definition) is 0. The van der Waals surface area contributed by atoms with Gasteiger partial charge in [0.25, 0.3) is 0 Å². The van der Waals surface area contributed by atoms with Gasteiger partial charge in [-0.3, -0.25) is 0 Å². The van der Waals surface area contributed by atoms with Gasteiger partial charge in [0.05, 0.1) is 0 Å². The minimum atomic E-state index is -1.33. The number of rotatable bonds is 3. The van der Waals surface area contributed by atoms with Crippen LogP contribution in [0.2, 0.25) is 17.1 Å². The highest BCUT2D eigenvalue weighted by Gasteiger charge is 2.36. The Morgan fingerprint density at radius 1 is 1.17 bits per heavy atom. The van der Waals surface area contributed by atoms with Gasteiger partial charge in [0.2, 0.25) is 0 Å². The average Bonchev–Trinajstić information content (AvgIpc) is 1.98. The lowest BCUT2D eigenvalue weighted by Gasteiger charge is -2.32. The van der Waals surface area contributed by atoms with Crippen LogP contribution in [-0.4, -0.2) is 8.07 Å². The van der Waals surface area contributed by atoms with Gasteiger partial charge in [-0.25, -0.2) is 0 Å². The van der Waals surface area contributed by atoms with Crippen molar-refractivity contribution in [2.75, 3.05) is 0 Å². The molecular weight excluding hydrogens is 228 g/mol. The predicted octanol–water partition coefficient (Wildman–Crippen LogP) is 4.17. The lowest BCUT2D eigenvalue weighted by atomic mass is 10.5. The highest BCUT2D eigenvalue weighted by molar-refractivity contribution is 9.12. The molecule has 0 saturated carbocycles. The summed E-state index contributed by atoms with van der Waals surface area (Å²) in [6.45, 7) is 11.5. The molecule has 0 saturated heterocycles. The van der Waals surface area contributed by atoms with Crippen LogP contribution >= 0.6 is 15.9 Å². The molecule has 0 amide bonds. The molecule has 0 radical (unpaired) electrons. The van der Waals surface area contributed by atoms with Crippen molar-refractivity contribution in [1.29, 1.82) is 0 Å². The van der Waals surface area contributed by atoms with Crippen LogP contribution in [-0.2, 0) is 0 Å². The molecule has 0 atom stereocenters. The standard InChI is InChI=1S/C10H19BrSi/c1-6-12(8-7-11,9(2)3)10(4)5/h9-10H,6H2,1-5H3. The molecule has 0 unspecified atom stereocenters. The third-order valence-corrected chi connectivity index (χ3v) is 9.37. The van der Waals surface area contributed by atoms with Crippen molar-refractivity contribution in [3.05, 3.63) is 0 Å². The van der Waals surface area contributed by atoms with Crippen LogP contribution in [0.15, 0.2) is 0 Å². The molecule has 12 heavy (non-hydrogen) atoms. The normalized spacial score (nSPS) is 11.7. The first-order chi connectivity index (χ1) is 5.51. The minimum absolute atomic E-state index is 0.757. The molecule has 0 aliphatic rings. The molecule has 70 valence electrons. The fraction of sp³-hybridized carbons (Fsp3) is 0.800. The van der Waals surface area contributed by atoms with Crippen molar-refractivity contribution in [3.63, 3.8) is 0 Å². The molecule has 0 aliphatic carbocycles. The second-order valence-corrected chi connectivity index (χ2v) is 9.67. The van der Waals surface area contributed by atoms with Crippen LogP contribution < -0.4 is 0 Å². The number of hydrogen-bond acceptors (Lipinski definition) is 0. The second-order valence-electron chi connectivity index (χ2n) is 3.92. The molecule has 0 rings (SSSR count). The SMILES string of the molecule is CC[Si](C#CBr)(C(C)C)C(C)C. The Morgan fingerprint density at radius 2 is 1.58 bits per heavy atom. The van der Waals surface area contributed by atoms with E-state index in [0.29, 0.717) is 0 Å². The van der Waals surface area contributed by atoms with Crippen LogP contribution in [0.4, 0.5) is 0 Å². The van der Waals surface area contributed by atoms with E-state index in [1.165, 1.54) is 6.04 Å². The maximum absolute atomic E-state index is 3.45. The zero-order valence-corrected chi connectivity index (χ0v) is 11.3. The summed E-state index contributed by atoms with van der Waals surface area (Å²) in [6, 6.07) is 1.26. The zero-order valence-electron chi connectivity index (χ0n) is 8.74. The smallest absolute Gasteiger partial charge is 0.118 e. The summed E-state index contributed by atoms with van der Waals surface area (Å²) in [5, 5.41) is 0. The van der Waals surface area contributed by atoms with Gasteiger partial charge in [0.1, 0.15) is 8.07 Å². The van der Waals surface area contributed by atoms with E-state index < -0.39 is 8.07 Å². The molecule has 0 aromatic carbocycles. The van der Waals surface area contributed by atoms with E-state index >= 15 is 0 Å². The highest BCUT2D eigenvalue weighted by Crippen LogP contribution is 2.34. The quantitative estimate of drug-likeness (QED) is 0.518. The van der Waals surface area contributed by atoms with Gasteiger partial charge in [0, 0.05) is 15.9 Å². The van der Waals surface area contributed by atoms with E-state index in [2.05, 4.69) is 60.9 Å². The van der Waals surface area contributed by atoms with Crippen molar-refractivity contribution < 1.29 is 0 Å². The summed E-state index contributed by atoms with van der Waals surface area (Å²) >= 11 is 3.24. The number of halogens is 1. The van der Waals surface area contributed by atoms with Crippen molar-refractivity contribution in [3.8, 4) is 10.4 Å². The van der Waals surface area contributed by atoms with Gasteiger partial charge in [-0.05, 0) is 22.0 Å². The highest BCUT2D eigenvalue weighted by atomic mass is 79.9. The predicted molar refractivity (Wildman–Crippen MR) is 63.1 cm³/mol. The van der Waals surface area contributed by atoms with Crippen molar-refractivity contribution >= 4 is 24.0 Å². The molecule has 0 aliphatic heterocycles. The van der Waals surface area contributed by atoms with Gasteiger partial charge < -0.3 is 0 Å². The van der Waals surface area contributed by atoms with Crippen LogP contribution in [0.3, 0.4) is 0 Å². The van der Waals surface area contributed by atoms with Crippen LogP contribution in [0, 0.1) is 10.4 Å². The maximum Gasteiger partial charge on any atom is 0.144 e. The Morgan fingerprint density at radius 3 is 1.67 bits per heavy atom. The molecular formula is C10H19BrSi. The zero-order chi connectivity index (χ0) is 9.78. The molecule has 0 spiro atoms. The monoisotopic (exact) mass is 246 g/mol. The molecule has 0 N–H and O–H groups in total. The Labute approximate surface area is 86.3 Å². The maximum atomic E-state index is 3.45. The Bertz CT molecular complexity index is 178. The van der Waals surface area contributed by atoms with E-state index in [9.17, 15) is 0 Å². The van der Waals surface area contributed by atoms with E-state index in [0.717, 1.165) is 11.1 Å². The fourth-order valence-corrected chi connectivity index (χ4v) is 6.95. The molecule has 0 nitrogen and oxygen atoms in total. The summed E-state index contributed by atoms with van der Waals surface area (Å²) < 4.78 is 0. The van der Waals surface area contributed by atoms with Gasteiger partial charge in [-0.2, -0.15) is 0 Å². The van der Waals surface area contributed by atoms with Gasteiger partial charge in [-0.15, -0.1) is 5.54 Å². The molecule has 0 heterocycles. The summed E-state index contributed by atoms with van der Waals surface area (Å²) in [5.41, 5.74) is 4.96. The first-order valence-electron chi connectivity index (χ1n) is 4.64. The van der Waals surface area contributed by atoms with Gasteiger partial charge in [0.15, 0.2) is 0 Å². The molecule has 2 heteroatoms. The van der Waals surface area contributed by atoms with Gasteiger partial charge >= 0.3 is 0 Å². The van der Waals surface area contributed by atoms with E-state index in [-0.39, 0.29) is 0 Å². The van der Waals surface area contributed by atoms with E-state index in [4.69, 9.17) is 0 Å². The molecule has 0 aromatic rings. The third-order valence-electron chi connectivity index (χ3n) is 2.93. The Kier molecular flexibility index (Phi) is 5.20. The van der Waals surface area contributed by atoms with Crippen LogP contribution in [0.5, 0.6) is 0 Å². The van der Waals surface area contributed by atoms with E-state index in [1.54, 1.807) is 0 Å². The fourth-order valence-electron chi connectivity index (χ4n) is 1.95. The van der Waals surface area contributed by atoms with Crippen LogP contribution in [0.1, 0.15) is 34.6 Å². The minimum Gasteiger partial charge on any atom is -0.118 e. The second kappa shape index (κ2) is 5.09. The lowest BCUT2D eigenvalue weighted by Crippen LogP contribution is -2.39. The summed E-state index contributed by atoms with van der Waals surface area (Å²) in [6.07, 6.45) is 0. The van der Waals surface area contributed by atoms with Crippen molar-refractivity contribution in [2.45, 2.75) is 51.7 Å². The largest absolute Gasteiger partial charge is 0.144 e. The Balaban J connectivity index is 4.85. The average molecular weight is 247 g/mol. The first-order valence-corrected chi connectivity index (χ1v) is 7.79.